The number of benzene rings is 9. The molecule has 3 heterocycles. The van der Waals surface area contributed by atoms with Gasteiger partial charge in [0.15, 0.2) is 0 Å². The summed E-state index contributed by atoms with van der Waals surface area (Å²) in [6.07, 6.45) is 0. The molecule has 2 nitrogen and oxygen atoms in total. The van der Waals surface area contributed by atoms with Gasteiger partial charge in [-0.15, -0.1) is 11.3 Å². The van der Waals surface area contributed by atoms with Crippen molar-refractivity contribution in [3.8, 4) is 33.6 Å². The average molecular weight is 717 g/mol. The monoisotopic (exact) mass is 716 g/mol. The summed E-state index contributed by atoms with van der Waals surface area (Å²) >= 11 is 1.91. The van der Waals surface area contributed by atoms with Gasteiger partial charge in [-0.05, 0) is 88.1 Å². The van der Waals surface area contributed by atoms with Crippen LogP contribution in [-0.4, -0.2) is 9.13 Å². The second kappa shape index (κ2) is 11.8. The zero-order valence-corrected chi connectivity index (χ0v) is 30.6. The van der Waals surface area contributed by atoms with Crippen LogP contribution in [0.4, 0.5) is 0 Å². The van der Waals surface area contributed by atoms with Gasteiger partial charge in [-0.2, -0.15) is 0 Å². The Kier molecular flexibility index (Phi) is 6.54. The van der Waals surface area contributed by atoms with Gasteiger partial charge in [-0.25, -0.2) is 0 Å². The summed E-state index contributed by atoms with van der Waals surface area (Å²) in [4.78, 5) is 0. The van der Waals surface area contributed by atoms with E-state index >= 15 is 0 Å². The van der Waals surface area contributed by atoms with Gasteiger partial charge in [0, 0.05) is 58.7 Å². The molecule has 0 aliphatic rings. The van der Waals surface area contributed by atoms with Crippen molar-refractivity contribution in [1.29, 1.82) is 0 Å². The minimum absolute atomic E-state index is 1.17. The molecule has 0 aliphatic heterocycles. The number of aromatic nitrogens is 2. The van der Waals surface area contributed by atoms with Crippen LogP contribution in [0.5, 0.6) is 0 Å². The third-order valence-corrected chi connectivity index (χ3v) is 12.7. The number of fused-ring (bicyclic) bond motifs is 11. The van der Waals surface area contributed by atoms with Crippen molar-refractivity contribution in [2.45, 2.75) is 0 Å². The van der Waals surface area contributed by atoms with E-state index in [0.717, 1.165) is 0 Å². The smallest absolute Gasteiger partial charge is 0.0634 e. The van der Waals surface area contributed by atoms with Gasteiger partial charge in [0.05, 0.1) is 22.1 Å². The lowest BCUT2D eigenvalue weighted by molar-refractivity contribution is 1.19. The van der Waals surface area contributed by atoms with Crippen LogP contribution in [0.2, 0.25) is 0 Å². The van der Waals surface area contributed by atoms with E-state index in [2.05, 4.69) is 203 Å². The Morgan fingerprint density at radius 2 is 1.00 bits per heavy atom. The summed E-state index contributed by atoms with van der Waals surface area (Å²) in [7, 11) is 0. The second-order valence-corrected chi connectivity index (χ2v) is 15.6. The lowest BCUT2D eigenvalue weighted by Gasteiger charge is -2.13. The standard InChI is InChI=1S/C52H32N2S/c1-2-13-33(14-3-1)36-17-12-18-38(29-36)54-47-23-10-7-20-41(47)45-32-43(52-50(51(45)54)42-21-8-11-24-49(42)55-52)37-26-28-48-44(31-37)40-19-6-9-22-46(40)53(48)39-27-25-34-15-4-5-16-35(34)30-39/h1-32H. The van der Waals surface area contributed by atoms with E-state index in [1.807, 2.05) is 11.3 Å². The first-order valence-corrected chi connectivity index (χ1v) is 19.7. The van der Waals surface area contributed by atoms with Gasteiger partial charge >= 0.3 is 0 Å². The number of thiophene rings is 1. The lowest BCUT2D eigenvalue weighted by atomic mass is 9.97. The predicted octanol–water partition coefficient (Wildman–Crippen LogP) is 14.7. The number of hydrogen-bond donors (Lipinski definition) is 0. The number of para-hydroxylation sites is 2. The Hall–Kier alpha value is -6.94. The van der Waals surface area contributed by atoms with Gasteiger partial charge in [0.25, 0.3) is 0 Å². The molecule has 0 saturated heterocycles. The molecule has 0 bridgehead atoms. The highest BCUT2D eigenvalue weighted by molar-refractivity contribution is 7.26. The van der Waals surface area contributed by atoms with Gasteiger partial charge in [0.1, 0.15) is 0 Å². The highest BCUT2D eigenvalue weighted by Gasteiger charge is 2.22. The SMILES string of the molecule is c1ccc(-c2cccc(-n3c4ccccc4c4cc(-c5ccc6c(c5)c5ccccc5n6-c5ccc6ccccc6c5)c5sc6ccccc6c5c43)c2)cc1. The molecule has 12 aromatic rings. The molecule has 55 heavy (non-hydrogen) atoms. The molecule has 3 heteroatoms. The van der Waals surface area contributed by atoms with Gasteiger partial charge in [-0.1, -0.05) is 133 Å². The summed E-state index contributed by atoms with van der Waals surface area (Å²) < 4.78 is 7.55. The summed E-state index contributed by atoms with van der Waals surface area (Å²) in [6, 6.07) is 71.4. The Morgan fingerprint density at radius 1 is 0.345 bits per heavy atom. The Labute approximate surface area is 321 Å². The van der Waals surface area contributed by atoms with Crippen LogP contribution >= 0.6 is 11.3 Å². The second-order valence-electron chi connectivity index (χ2n) is 14.5. The Balaban J connectivity index is 1.15. The summed E-state index contributed by atoms with van der Waals surface area (Å²) in [5.74, 6) is 0. The largest absolute Gasteiger partial charge is 0.309 e. The maximum absolute atomic E-state index is 2.50. The van der Waals surface area contributed by atoms with Crippen LogP contribution in [0.3, 0.4) is 0 Å². The lowest BCUT2D eigenvalue weighted by Crippen LogP contribution is -1.95. The van der Waals surface area contributed by atoms with E-state index in [4.69, 9.17) is 0 Å². The average Bonchev–Trinajstić information content (AvgIpc) is 3.91. The van der Waals surface area contributed by atoms with Crippen LogP contribution in [0.1, 0.15) is 0 Å². The zero-order valence-electron chi connectivity index (χ0n) is 29.8. The van der Waals surface area contributed by atoms with Crippen molar-refractivity contribution in [2.24, 2.45) is 0 Å². The van der Waals surface area contributed by atoms with Gasteiger partial charge in [-0.3, -0.25) is 0 Å². The molecule has 12 rings (SSSR count). The fourth-order valence-electron chi connectivity index (χ4n) is 9.01. The number of hydrogen-bond acceptors (Lipinski definition) is 1. The highest BCUT2D eigenvalue weighted by atomic mass is 32.1. The van der Waals surface area contributed by atoms with Crippen molar-refractivity contribution in [2.75, 3.05) is 0 Å². The molecule has 0 fully saturated rings. The third-order valence-electron chi connectivity index (χ3n) is 11.5. The van der Waals surface area contributed by atoms with E-state index in [9.17, 15) is 0 Å². The Morgan fingerprint density at radius 3 is 1.85 bits per heavy atom. The molecule has 3 aromatic heterocycles. The van der Waals surface area contributed by atoms with Crippen LogP contribution < -0.4 is 0 Å². The minimum Gasteiger partial charge on any atom is -0.309 e. The molecule has 0 radical (unpaired) electrons. The fourth-order valence-corrected chi connectivity index (χ4v) is 10.3. The number of rotatable bonds is 4. The molecule has 0 unspecified atom stereocenters. The Bertz CT molecular complexity index is 3490. The van der Waals surface area contributed by atoms with Crippen molar-refractivity contribution in [1.82, 2.24) is 9.13 Å². The minimum atomic E-state index is 1.17. The van der Waals surface area contributed by atoms with Gasteiger partial charge < -0.3 is 9.13 Å². The van der Waals surface area contributed by atoms with E-state index < -0.39 is 0 Å². The van der Waals surface area contributed by atoms with Crippen LogP contribution in [0.15, 0.2) is 194 Å². The van der Waals surface area contributed by atoms with Crippen molar-refractivity contribution in [3.05, 3.63) is 194 Å². The first-order chi connectivity index (χ1) is 27.3. The first kappa shape index (κ1) is 30.5. The molecule has 9 aromatic carbocycles. The van der Waals surface area contributed by atoms with Crippen LogP contribution in [0, 0.1) is 0 Å². The normalized spacial score (nSPS) is 12.0. The van der Waals surface area contributed by atoms with E-state index in [1.54, 1.807) is 0 Å². The van der Waals surface area contributed by atoms with Crippen molar-refractivity contribution < 1.29 is 0 Å². The molecule has 256 valence electrons. The first-order valence-electron chi connectivity index (χ1n) is 18.8. The van der Waals surface area contributed by atoms with E-state index in [-0.39, 0.29) is 0 Å². The van der Waals surface area contributed by atoms with Crippen molar-refractivity contribution in [3.63, 3.8) is 0 Å². The third kappa shape index (κ3) is 4.54. The zero-order chi connectivity index (χ0) is 36.0. The quantitative estimate of drug-likeness (QED) is 0.172. The van der Waals surface area contributed by atoms with Crippen LogP contribution in [-0.2, 0) is 0 Å². The summed E-state index contributed by atoms with van der Waals surface area (Å²) in [5.41, 5.74) is 12.2. The predicted molar refractivity (Wildman–Crippen MR) is 236 cm³/mol. The van der Waals surface area contributed by atoms with E-state index in [0.29, 0.717) is 0 Å². The summed E-state index contributed by atoms with van der Waals surface area (Å²) in [5, 5.41) is 10.2. The number of nitrogens with zero attached hydrogens (tertiary/aromatic N) is 2. The van der Waals surface area contributed by atoms with Crippen molar-refractivity contribution >= 4 is 85.9 Å². The highest BCUT2D eigenvalue weighted by Crippen LogP contribution is 2.48. The maximum Gasteiger partial charge on any atom is 0.0634 e. The maximum atomic E-state index is 2.50. The molecule has 0 N–H and O–H groups in total. The molecule has 0 amide bonds. The molecular weight excluding hydrogens is 685 g/mol. The molecule has 0 spiro atoms. The molecule has 0 aliphatic carbocycles. The summed E-state index contributed by atoms with van der Waals surface area (Å²) in [6.45, 7) is 0. The van der Waals surface area contributed by atoms with E-state index in [1.165, 1.54) is 108 Å². The molecule has 0 saturated carbocycles. The van der Waals surface area contributed by atoms with Crippen LogP contribution in [0.25, 0.3) is 108 Å². The fraction of sp³-hybridized carbons (Fsp3) is 0. The topological polar surface area (TPSA) is 9.86 Å². The molecular formula is C52H32N2S. The van der Waals surface area contributed by atoms with Gasteiger partial charge in [0.2, 0.25) is 0 Å². The molecule has 0 atom stereocenters.